The molecule has 3 rings (SSSR count). The average molecular weight is 403 g/mol. The number of rotatable bonds is 6. The van der Waals surface area contributed by atoms with Gasteiger partial charge in [0.1, 0.15) is 5.82 Å². The van der Waals surface area contributed by atoms with Crippen molar-refractivity contribution in [3.8, 4) is 11.3 Å². The average Bonchev–Trinajstić information content (AvgIpc) is 3.07. The summed E-state index contributed by atoms with van der Waals surface area (Å²) in [4.78, 5) is 16.1. The molecule has 0 saturated carbocycles. The van der Waals surface area contributed by atoms with Gasteiger partial charge in [-0.15, -0.1) is 0 Å². The fourth-order valence-corrected chi connectivity index (χ4v) is 2.81. The highest BCUT2D eigenvalue weighted by Crippen LogP contribution is 2.23. The number of carbonyl (C=O) groups excluding carboxylic acids is 1. The van der Waals surface area contributed by atoms with Crippen molar-refractivity contribution in [3.63, 3.8) is 0 Å². The Morgan fingerprint density at radius 2 is 2.04 bits per heavy atom. The zero-order valence-electron chi connectivity index (χ0n) is 13.3. The van der Waals surface area contributed by atoms with Crippen LogP contribution in [0.1, 0.15) is 17.9 Å². The molecule has 4 nitrogen and oxygen atoms in total. The first-order valence-corrected chi connectivity index (χ1v) is 8.62. The van der Waals surface area contributed by atoms with Gasteiger partial charge in [-0.3, -0.25) is 4.79 Å². The Bertz CT molecular complexity index is 879. The second-order valence-electron chi connectivity index (χ2n) is 5.50. The van der Waals surface area contributed by atoms with Crippen LogP contribution in [0.25, 0.3) is 11.3 Å². The molecule has 128 valence electrons. The Hall–Kier alpha value is -2.47. The van der Waals surface area contributed by atoms with E-state index in [0.29, 0.717) is 30.2 Å². The van der Waals surface area contributed by atoms with Crippen LogP contribution in [0.4, 0.5) is 4.39 Å². The Balaban J connectivity index is 1.52. The Morgan fingerprint density at radius 3 is 2.84 bits per heavy atom. The predicted octanol–water partition coefficient (Wildman–Crippen LogP) is 4.49. The molecule has 1 heterocycles. The lowest BCUT2D eigenvalue weighted by Crippen LogP contribution is -2.23. The molecule has 25 heavy (non-hydrogen) atoms. The minimum absolute atomic E-state index is 0.0920. The first kappa shape index (κ1) is 17.4. The maximum absolute atomic E-state index is 13.7. The fourth-order valence-electron chi connectivity index (χ4n) is 2.37. The largest absolute Gasteiger partial charge is 0.441 e. The van der Waals surface area contributed by atoms with Crippen LogP contribution in [-0.4, -0.2) is 10.9 Å². The second kappa shape index (κ2) is 8.07. The van der Waals surface area contributed by atoms with Gasteiger partial charge >= 0.3 is 0 Å². The standard InChI is InChI=1S/C19H16BrFN2O2/c20-14-5-3-4-13(10-14)11-22-18(24)8-9-19-23-12-17(25-19)15-6-1-2-7-16(15)21/h1-7,10,12H,8-9,11H2,(H,22,24). The van der Waals surface area contributed by atoms with E-state index >= 15 is 0 Å². The molecular formula is C19H16BrFN2O2. The van der Waals surface area contributed by atoms with E-state index in [4.69, 9.17) is 4.42 Å². The van der Waals surface area contributed by atoms with Crippen LogP contribution in [0.2, 0.25) is 0 Å². The topological polar surface area (TPSA) is 55.1 Å². The van der Waals surface area contributed by atoms with Crippen molar-refractivity contribution in [2.45, 2.75) is 19.4 Å². The van der Waals surface area contributed by atoms with Gasteiger partial charge in [-0.1, -0.05) is 40.2 Å². The number of aromatic nitrogens is 1. The number of amides is 1. The molecule has 1 amide bonds. The quantitative estimate of drug-likeness (QED) is 0.660. The van der Waals surface area contributed by atoms with E-state index in [1.54, 1.807) is 18.2 Å². The molecule has 0 fully saturated rings. The summed E-state index contributed by atoms with van der Waals surface area (Å²) in [6.07, 6.45) is 2.09. The van der Waals surface area contributed by atoms with Crippen LogP contribution in [0.3, 0.4) is 0 Å². The summed E-state index contributed by atoms with van der Waals surface area (Å²) in [5.74, 6) is 0.320. The van der Waals surface area contributed by atoms with E-state index < -0.39 is 0 Å². The summed E-state index contributed by atoms with van der Waals surface area (Å²) < 4.78 is 20.2. The van der Waals surface area contributed by atoms with Crippen molar-refractivity contribution < 1.29 is 13.6 Å². The number of hydrogen-bond acceptors (Lipinski definition) is 3. The van der Waals surface area contributed by atoms with Crippen LogP contribution < -0.4 is 5.32 Å². The molecule has 1 aromatic heterocycles. The molecule has 6 heteroatoms. The van der Waals surface area contributed by atoms with Crippen molar-refractivity contribution >= 4 is 21.8 Å². The highest BCUT2D eigenvalue weighted by molar-refractivity contribution is 9.10. The number of hydrogen-bond donors (Lipinski definition) is 1. The molecule has 0 saturated heterocycles. The zero-order chi connectivity index (χ0) is 17.6. The number of carbonyl (C=O) groups is 1. The molecule has 0 bridgehead atoms. The number of nitrogens with one attached hydrogen (secondary N) is 1. The molecule has 3 aromatic rings. The Kier molecular flexibility index (Phi) is 5.60. The lowest BCUT2D eigenvalue weighted by atomic mass is 10.2. The van der Waals surface area contributed by atoms with E-state index in [-0.39, 0.29) is 18.1 Å². The van der Waals surface area contributed by atoms with Crippen molar-refractivity contribution in [3.05, 3.63) is 76.5 Å². The zero-order valence-corrected chi connectivity index (χ0v) is 14.9. The number of nitrogens with zero attached hydrogens (tertiary/aromatic N) is 1. The second-order valence-corrected chi connectivity index (χ2v) is 6.42. The van der Waals surface area contributed by atoms with Gasteiger partial charge in [0.25, 0.3) is 0 Å². The third-order valence-electron chi connectivity index (χ3n) is 3.64. The minimum Gasteiger partial charge on any atom is -0.441 e. The molecule has 0 atom stereocenters. The highest BCUT2D eigenvalue weighted by Gasteiger charge is 2.11. The van der Waals surface area contributed by atoms with Gasteiger partial charge < -0.3 is 9.73 Å². The van der Waals surface area contributed by atoms with Crippen LogP contribution in [0.15, 0.2) is 63.6 Å². The summed E-state index contributed by atoms with van der Waals surface area (Å²) in [7, 11) is 0. The summed E-state index contributed by atoms with van der Waals surface area (Å²) in [5.41, 5.74) is 1.38. The summed E-state index contributed by atoms with van der Waals surface area (Å²) in [5, 5.41) is 2.85. The summed E-state index contributed by atoms with van der Waals surface area (Å²) in [6, 6.07) is 14.1. The van der Waals surface area contributed by atoms with E-state index in [1.165, 1.54) is 12.3 Å². The van der Waals surface area contributed by atoms with E-state index in [2.05, 4.69) is 26.2 Å². The molecule has 0 aliphatic heterocycles. The van der Waals surface area contributed by atoms with E-state index in [1.807, 2.05) is 24.3 Å². The van der Waals surface area contributed by atoms with Gasteiger partial charge in [0, 0.05) is 23.9 Å². The molecular weight excluding hydrogens is 387 g/mol. The van der Waals surface area contributed by atoms with Gasteiger partial charge in [-0.05, 0) is 29.8 Å². The monoisotopic (exact) mass is 402 g/mol. The van der Waals surface area contributed by atoms with Crippen LogP contribution in [0.5, 0.6) is 0 Å². The fraction of sp³-hybridized carbons (Fsp3) is 0.158. The van der Waals surface area contributed by atoms with Gasteiger partial charge in [0.15, 0.2) is 11.7 Å². The number of halogens is 2. The number of aryl methyl sites for hydroxylation is 1. The maximum Gasteiger partial charge on any atom is 0.220 e. The first-order chi connectivity index (χ1) is 12.1. The summed E-state index contributed by atoms with van der Waals surface area (Å²) in [6.45, 7) is 0.463. The van der Waals surface area contributed by atoms with E-state index in [0.717, 1.165) is 10.0 Å². The van der Waals surface area contributed by atoms with Crippen molar-refractivity contribution in [2.24, 2.45) is 0 Å². The number of oxazole rings is 1. The molecule has 0 unspecified atom stereocenters. The van der Waals surface area contributed by atoms with Crippen molar-refractivity contribution in [1.29, 1.82) is 0 Å². The lowest BCUT2D eigenvalue weighted by Gasteiger charge is -2.05. The molecule has 0 aliphatic rings. The Morgan fingerprint density at radius 1 is 1.20 bits per heavy atom. The molecule has 0 spiro atoms. The molecule has 0 radical (unpaired) electrons. The van der Waals surface area contributed by atoms with Gasteiger partial charge in [-0.2, -0.15) is 0 Å². The maximum atomic E-state index is 13.7. The smallest absolute Gasteiger partial charge is 0.220 e. The van der Waals surface area contributed by atoms with Crippen LogP contribution in [0, 0.1) is 5.82 Å². The van der Waals surface area contributed by atoms with Crippen LogP contribution in [-0.2, 0) is 17.8 Å². The predicted molar refractivity (Wildman–Crippen MR) is 96.2 cm³/mol. The Labute approximate surface area is 153 Å². The molecule has 0 aliphatic carbocycles. The SMILES string of the molecule is O=C(CCc1ncc(-c2ccccc2F)o1)NCc1cccc(Br)c1. The highest BCUT2D eigenvalue weighted by atomic mass is 79.9. The third kappa shape index (κ3) is 4.76. The van der Waals surface area contributed by atoms with Crippen molar-refractivity contribution in [1.82, 2.24) is 10.3 Å². The minimum atomic E-state index is -0.364. The first-order valence-electron chi connectivity index (χ1n) is 7.82. The normalized spacial score (nSPS) is 10.6. The number of benzene rings is 2. The van der Waals surface area contributed by atoms with Gasteiger partial charge in [0.05, 0.1) is 11.8 Å². The van der Waals surface area contributed by atoms with Crippen molar-refractivity contribution in [2.75, 3.05) is 0 Å². The summed E-state index contributed by atoms with van der Waals surface area (Å²) >= 11 is 3.40. The van der Waals surface area contributed by atoms with Gasteiger partial charge in [0.2, 0.25) is 5.91 Å². The van der Waals surface area contributed by atoms with Crippen LogP contribution >= 0.6 is 15.9 Å². The van der Waals surface area contributed by atoms with Gasteiger partial charge in [-0.25, -0.2) is 9.37 Å². The lowest BCUT2D eigenvalue weighted by molar-refractivity contribution is -0.121. The van der Waals surface area contributed by atoms with E-state index in [9.17, 15) is 9.18 Å². The third-order valence-corrected chi connectivity index (χ3v) is 4.13. The molecule has 2 aromatic carbocycles. The molecule has 1 N–H and O–H groups in total.